The Balaban J connectivity index is 1.70. The molecule has 0 radical (unpaired) electrons. The summed E-state index contributed by atoms with van der Waals surface area (Å²) in [6.45, 7) is 2.30. The number of ether oxygens (including phenoxy) is 3. The van der Waals surface area contributed by atoms with Crippen molar-refractivity contribution in [3.63, 3.8) is 0 Å². The van der Waals surface area contributed by atoms with Crippen LogP contribution in [0.25, 0.3) is 6.08 Å². The average molecular weight is 351 g/mol. The highest BCUT2D eigenvalue weighted by molar-refractivity contribution is 6.00. The molecule has 0 unspecified atom stereocenters. The molecule has 0 spiro atoms. The number of hydrogen-bond donors (Lipinski definition) is 1. The summed E-state index contributed by atoms with van der Waals surface area (Å²) in [6.07, 6.45) is 6.16. The summed E-state index contributed by atoms with van der Waals surface area (Å²) in [4.78, 5) is 12.2. The van der Waals surface area contributed by atoms with E-state index >= 15 is 0 Å². The first-order valence-electron chi connectivity index (χ1n) is 8.42. The van der Waals surface area contributed by atoms with E-state index < -0.39 is 0 Å². The number of carbonyl (C=O) groups is 1. The van der Waals surface area contributed by atoms with Gasteiger partial charge in [-0.05, 0) is 41.8 Å². The minimum Gasteiger partial charge on any atom is -0.495 e. The maximum atomic E-state index is 12.2. The first-order valence-corrected chi connectivity index (χ1v) is 8.42. The van der Waals surface area contributed by atoms with Crippen molar-refractivity contribution in [3.05, 3.63) is 65.8 Å². The van der Waals surface area contributed by atoms with Gasteiger partial charge in [0, 0.05) is 6.08 Å². The van der Waals surface area contributed by atoms with E-state index in [1.165, 1.54) is 6.08 Å². The van der Waals surface area contributed by atoms with Gasteiger partial charge in [0.1, 0.15) is 5.75 Å². The summed E-state index contributed by atoms with van der Waals surface area (Å²) in [5, 5.41) is 2.82. The molecule has 1 aliphatic rings. The minimum absolute atomic E-state index is 0.209. The Labute approximate surface area is 152 Å². The number of carbonyl (C=O) groups excluding carboxylic acids is 1. The van der Waals surface area contributed by atoms with Crippen LogP contribution in [0.5, 0.6) is 17.2 Å². The van der Waals surface area contributed by atoms with E-state index in [0.717, 1.165) is 29.1 Å². The smallest absolute Gasteiger partial charge is 0.248 e. The topological polar surface area (TPSA) is 56.8 Å². The highest BCUT2D eigenvalue weighted by atomic mass is 16.7. The van der Waals surface area contributed by atoms with E-state index in [9.17, 15) is 4.79 Å². The lowest BCUT2D eigenvalue weighted by molar-refractivity contribution is -0.111. The van der Waals surface area contributed by atoms with Crippen LogP contribution in [-0.4, -0.2) is 19.8 Å². The number of allylic oxidation sites excluding steroid dienone is 2. The molecule has 0 fully saturated rings. The highest BCUT2D eigenvalue weighted by Gasteiger charge is 2.12. The fourth-order valence-corrected chi connectivity index (χ4v) is 2.59. The summed E-state index contributed by atoms with van der Waals surface area (Å²) in [5.41, 5.74) is 2.67. The SMILES string of the molecule is CCC(/C=C/C(=O)Nc1ccccc1OC)=C\c1ccc2c(c1)OCO2. The zero-order valence-electron chi connectivity index (χ0n) is 14.8. The van der Waals surface area contributed by atoms with E-state index in [0.29, 0.717) is 11.4 Å². The molecule has 0 saturated carbocycles. The largest absolute Gasteiger partial charge is 0.495 e. The van der Waals surface area contributed by atoms with E-state index in [1.54, 1.807) is 19.2 Å². The van der Waals surface area contributed by atoms with Gasteiger partial charge in [0.2, 0.25) is 12.7 Å². The van der Waals surface area contributed by atoms with E-state index in [2.05, 4.69) is 5.32 Å². The van der Waals surface area contributed by atoms with Gasteiger partial charge < -0.3 is 19.5 Å². The number of amides is 1. The average Bonchev–Trinajstić information content (AvgIpc) is 3.13. The van der Waals surface area contributed by atoms with Crippen molar-refractivity contribution < 1.29 is 19.0 Å². The molecule has 1 N–H and O–H groups in total. The third-order valence-electron chi connectivity index (χ3n) is 3.97. The van der Waals surface area contributed by atoms with Gasteiger partial charge >= 0.3 is 0 Å². The summed E-state index contributed by atoms with van der Waals surface area (Å²) in [5.74, 6) is 1.92. The molecule has 134 valence electrons. The van der Waals surface area contributed by atoms with Crippen LogP contribution in [0.4, 0.5) is 5.69 Å². The lowest BCUT2D eigenvalue weighted by atomic mass is 10.1. The van der Waals surface area contributed by atoms with Crippen molar-refractivity contribution in [3.8, 4) is 17.2 Å². The number of rotatable bonds is 6. The van der Waals surface area contributed by atoms with Crippen LogP contribution in [0.3, 0.4) is 0 Å². The van der Waals surface area contributed by atoms with Crippen LogP contribution in [0.2, 0.25) is 0 Å². The summed E-state index contributed by atoms with van der Waals surface area (Å²) < 4.78 is 16.0. The second kappa shape index (κ2) is 8.25. The Bertz CT molecular complexity index is 855. The van der Waals surface area contributed by atoms with Crippen molar-refractivity contribution in [2.75, 3.05) is 19.2 Å². The maximum absolute atomic E-state index is 12.2. The fraction of sp³-hybridized carbons (Fsp3) is 0.190. The number of para-hydroxylation sites is 2. The molecule has 2 aromatic rings. The normalized spacial score (nSPS) is 13.1. The minimum atomic E-state index is -0.209. The molecular weight excluding hydrogens is 330 g/mol. The molecule has 1 aliphatic heterocycles. The zero-order valence-corrected chi connectivity index (χ0v) is 14.8. The molecule has 1 amide bonds. The predicted molar refractivity (Wildman–Crippen MR) is 102 cm³/mol. The van der Waals surface area contributed by atoms with Crippen LogP contribution in [0.15, 0.2) is 60.2 Å². The molecule has 0 aromatic heterocycles. The van der Waals surface area contributed by atoms with E-state index in [4.69, 9.17) is 14.2 Å². The first-order chi connectivity index (χ1) is 12.7. The van der Waals surface area contributed by atoms with Crippen LogP contribution in [-0.2, 0) is 4.79 Å². The van der Waals surface area contributed by atoms with Crippen LogP contribution in [0.1, 0.15) is 18.9 Å². The fourth-order valence-electron chi connectivity index (χ4n) is 2.59. The number of methoxy groups -OCH3 is 1. The van der Waals surface area contributed by atoms with Crippen LogP contribution >= 0.6 is 0 Å². The molecule has 2 aromatic carbocycles. The molecule has 5 heteroatoms. The quantitative estimate of drug-likeness (QED) is 0.619. The monoisotopic (exact) mass is 351 g/mol. The predicted octanol–water partition coefficient (Wildman–Crippen LogP) is 4.41. The Kier molecular flexibility index (Phi) is 5.59. The third kappa shape index (κ3) is 4.25. The summed E-state index contributed by atoms with van der Waals surface area (Å²) >= 11 is 0. The number of anilines is 1. The molecule has 26 heavy (non-hydrogen) atoms. The van der Waals surface area contributed by atoms with Crippen molar-refractivity contribution in [1.29, 1.82) is 0 Å². The van der Waals surface area contributed by atoms with Gasteiger partial charge in [-0.2, -0.15) is 0 Å². The second-order valence-electron chi connectivity index (χ2n) is 5.71. The molecule has 1 heterocycles. The number of hydrogen-bond acceptors (Lipinski definition) is 4. The van der Waals surface area contributed by atoms with Crippen molar-refractivity contribution in [2.24, 2.45) is 0 Å². The molecule has 0 aliphatic carbocycles. The van der Waals surface area contributed by atoms with Gasteiger partial charge in [-0.15, -0.1) is 0 Å². The van der Waals surface area contributed by atoms with Gasteiger partial charge in [0.15, 0.2) is 11.5 Å². The molecule has 0 atom stereocenters. The number of benzene rings is 2. The zero-order chi connectivity index (χ0) is 18.4. The van der Waals surface area contributed by atoms with Gasteiger partial charge in [0.05, 0.1) is 12.8 Å². The van der Waals surface area contributed by atoms with E-state index in [1.807, 2.05) is 49.4 Å². The van der Waals surface area contributed by atoms with Gasteiger partial charge in [0.25, 0.3) is 0 Å². The lowest BCUT2D eigenvalue weighted by Crippen LogP contribution is -2.08. The Morgan fingerprint density at radius 3 is 2.77 bits per heavy atom. The number of nitrogens with one attached hydrogen (secondary N) is 1. The third-order valence-corrected chi connectivity index (χ3v) is 3.97. The summed E-state index contributed by atoms with van der Waals surface area (Å²) in [6, 6.07) is 13.1. The van der Waals surface area contributed by atoms with Gasteiger partial charge in [-0.3, -0.25) is 4.79 Å². The molecule has 0 saturated heterocycles. The van der Waals surface area contributed by atoms with Crippen LogP contribution < -0.4 is 19.5 Å². The molecule has 5 nitrogen and oxygen atoms in total. The Morgan fingerprint density at radius 1 is 1.15 bits per heavy atom. The second-order valence-corrected chi connectivity index (χ2v) is 5.71. The van der Waals surface area contributed by atoms with Crippen molar-refractivity contribution >= 4 is 17.7 Å². The van der Waals surface area contributed by atoms with Crippen LogP contribution in [0, 0.1) is 0 Å². The maximum Gasteiger partial charge on any atom is 0.248 e. The standard InChI is InChI=1S/C21H21NO4/c1-3-15(12-16-8-10-19-20(13-16)26-14-25-19)9-11-21(23)22-17-6-4-5-7-18(17)24-2/h4-13H,3,14H2,1-2H3,(H,22,23)/b11-9+,15-12+. The van der Waals surface area contributed by atoms with Gasteiger partial charge in [-0.25, -0.2) is 0 Å². The van der Waals surface area contributed by atoms with Gasteiger partial charge in [-0.1, -0.05) is 37.3 Å². The molecule has 3 rings (SSSR count). The molecular formula is C21H21NO4. The first kappa shape index (κ1) is 17.6. The lowest BCUT2D eigenvalue weighted by Gasteiger charge is -2.08. The number of fused-ring (bicyclic) bond motifs is 1. The Hall–Kier alpha value is -3.21. The van der Waals surface area contributed by atoms with Crippen molar-refractivity contribution in [2.45, 2.75) is 13.3 Å². The summed E-state index contributed by atoms with van der Waals surface area (Å²) in [7, 11) is 1.57. The van der Waals surface area contributed by atoms with Crippen molar-refractivity contribution in [1.82, 2.24) is 0 Å². The van der Waals surface area contributed by atoms with E-state index in [-0.39, 0.29) is 12.7 Å². The highest BCUT2D eigenvalue weighted by Crippen LogP contribution is 2.33. The Morgan fingerprint density at radius 2 is 1.96 bits per heavy atom. The molecule has 0 bridgehead atoms.